The van der Waals surface area contributed by atoms with E-state index in [0.717, 1.165) is 32.4 Å². The molecule has 2 unspecified atom stereocenters. The molecule has 1 fully saturated rings. The molecular formula is C16H27N3O. The van der Waals surface area contributed by atoms with E-state index in [1.54, 1.807) is 0 Å². The van der Waals surface area contributed by atoms with Crippen molar-refractivity contribution in [1.82, 2.24) is 14.5 Å². The lowest BCUT2D eigenvalue weighted by molar-refractivity contribution is 0.151. The van der Waals surface area contributed by atoms with Crippen LogP contribution in [0.3, 0.4) is 0 Å². The van der Waals surface area contributed by atoms with Crippen LogP contribution in [0.2, 0.25) is 0 Å². The molecule has 20 heavy (non-hydrogen) atoms. The van der Waals surface area contributed by atoms with Crippen LogP contribution in [0.25, 0.3) is 0 Å². The van der Waals surface area contributed by atoms with Crippen molar-refractivity contribution in [2.75, 3.05) is 19.7 Å². The molecule has 0 saturated carbocycles. The molecule has 1 aromatic rings. The van der Waals surface area contributed by atoms with Gasteiger partial charge in [-0.3, -0.25) is 0 Å². The summed E-state index contributed by atoms with van der Waals surface area (Å²) in [4.78, 5) is 7.30. The molecule has 0 amide bonds. The number of likely N-dealkylation sites (tertiary alicyclic amines) is 1. The average molecular weight is 277 g/mol. The Morgan fingerprint density at radius 2 is 2.20 bits per heavy atom. The van der Waals surface area contributed by atoms with Crippen LogP contribution in [0.1, 0.15) is 44.1 Å². The predicted octanol–water partition coefficient (Wildman–Crippen LogP) is 1.85. The van der Waals surface area contributed by atoms with Gasteiger partial charge in [-0.1, -0.05) is 13.3 Å². The molecular weight excluding hydrogens is 250 g/mol. The van der Waals surface area contributed by atoms with E-state index in [1.165, 1.54) is 37.3 Å². The zero-order chi connectivity index (χ0) is 13.9. The van der Waals surface area contributed by atoms with Crippen molar-refractivity contribution in [3.8, 4) is 0 Å². The summed E-state index contributed by atoms with van der Waals surface area (Å²) in [6, 6.07) is 0.677. The fourth-order valence-corrected chi connectivity index (χ4v) is 3.84. The molecule has 3 rings (SSSR count). The van der Waals surface area contributed by atoms with E-state index >= 15 is 0 Å². The number of hydrogen-bond acceptors (Lipinski definition) is 3. The summed E-state index contributed by atoms with van der Waals surface area (Å²) >= 11 is 0. The van der Waals surface area contributed by atoms with Gasteiger partial charge in [0.05, 0.1) is 0 Å². The lowest BCUT2D eigenvalue weighted by Crippen LogP contribution is -2.41. The third-order valence-corrected chi connectivity index (χ3v) is 5.11. The molecule has 2 aliphatic rings. The molecule has 2 atom stereocenters. The Morgan fingerprint density at radius 1 is 1.30 bits per heavy atom. The van der Waals surface area contributed by atoms with Crippen molar-refractivity contribution < 1.29 is 5.11 Å². The van der Waals surface area contributed by atoms with E-state index in [1.807, 2.05) is 6.20 Å². The van der Waals surface area contributed by atoms with Gasteiger partial charge in [0.15, 0.2) is 0 Å². The van der Waals surface area contributed by atoms with Crippen LogP contribution in [-0.4, -0.2) is 45.3 Å². The van der Waals surface area contributed by atoms with E-state index in [4.69, 9.17) is 0 Å². The standard InChI is InChI=1S/C16H27N3O/c1-2-18-7-4-3-5-14(18)10-16-17-11-15-9-13(12-20)6-8-19(15)16/h11,13-14,20H,2-10,12H2,1H3. The van der Waals surface area contributed by atoms with Crippen molar-refractivity contribution in [1.29, 1.82) is 0 Å². The minimum Gasteiger partial charge on any atom is -0.396 e. The maximum atomic E-state index is 9.31. The molecule has 1 saturated heterocycles. The monoisotopic (exact) mass is 277 g/mol. The molecule has 3 heterocycles. The van der Waals surface area contributed by atoms with Crippen molar-refractivity contribution in [3.05, 3.63) is 17.7 Å². The van der Waals surface area contributed by atoms with Gasteiger partial charge >= 0.3 is 0 Å². The van der Waals surface area contributed by atoms with Crippen molar-refractivity contribution in [2.45, 2.75) is 58.0 Å². The van der Waals surface area contributed by atoms with Gasteiger partial charge in [-0.25, -0.2) is 4.98 Å². The molecule has 1 aromatic heterocycles. The summed E-state index contributed by atoms with van der Waals surface area (Å²) < 4.78 is 2.41. The lowest BCUT2D eigenvalue weighted by atomic mass is 9.96. The second kappa shape index (κ2) is 6.27. The summed E-state index contributed by atoms with van der Waals surface area (Å²) in [5.74, 6) is 1.70. The number of piperidine rings is 1. The van der Waals surface area contributed by atoms with Crippen LogP contribution in [0.5, 0.6) is 0 Å². The van der Waals surface area contributed by atoms with Gasteiger partial charge in [-0.15, -0.1) is 0 Å². The highest BCUT2D eigenvalue weighted by molar-refractivity contribution is 5.10. The summed E-state index contributed by atoms with van der Waals surface area (Å²) in [6.07, 6.45) is 9.24. The number of fused-ring (bicyclic) bond motifs is 1. The van der Waals surface area contributed by atoms with E-state index in [9.17, 15) is 5.11 Å². The second-order valence-electron chi connectivity index (χ2n) is 6.34. The van der Waals surface area contributed by atoms with E-state index in [2.05, 4.69) is 21.4 Å². The molecule has 112 valence electrons. The van der Waals surface area contributed by atoms with E-state index in [-0.39, 0.29) is 0 Å². The zero-order valence-corrected chi connectivity index (χ0v) is 12.6. The van der Waals surface area contributed by atoms with Crippen LogP contribution in [-0.2, 0) is 19.4 Å². The SMILES string of the molecule is CCN1CCCCC1Cc1ncc2n1CCC(CO)C2. The molecule has 0 radical (unpaired) electrons. The van der Waals surface area contributed by atoms with Gasteiger partial charge in [0, 0.05) is 37.5 Å². The van der Waals surface area contributed by atoms with Crippen molar-refractivity contribution in [3.63, 3.8) is 0 Å². The number of aliphatic hydroxyl groups is 1. The Bertz CT molecular complexity index is 443. The van der Waals surface area contributed by atoms with Gasteiger partial charge in [0.2, 0.25) is 0 Å². The molecule has 4 heteroatoms. The highest BCUT2D eigenvalue weighted by Gasteiger charge is 2.25. The Hall–Kier alpha value is -0.870. The summed E-state index contributed by atoms with van der Waals surface area (Å²) in [7, 11) is 0. The quantitative estimate of drug-likeness (QED) is 0.913. The maximum absolute atomic E-state index is 9.31. The summed E-state index contributed by atoms with van der Waals surface area (Å²) in [5.41, 5.74) is 1.32. The number of nitrogens with zero attached hydrogens (tertiary/aromatic N) is 3. The van der Waals surface area contributed by atoms with E-state index < -0.39 is 0 Å². The van der Waals surface area contributed by atoms with Crippen LogP contribution in [0, 0.1) is 5.92 Å². The molecule has 4 nitrogen and oxygen atoms in total. The van der Waals surface area contributed by atoms with Crippen LogP contribution < -0.4 is 0 Å². The summed E-state index contributed by atoms with van der Waals surface area (Å²) in [6.45, 7) is 6.03. The molecule has 2 aliphatic heterocycles. The molecule has 1 N–H and O–H groups in total. The number of likely N-dealkylation sites (N-methyl/N-ethyl adjacent to an activating group) is 1. The highest BCUT2D eigenvalue weighted by Crippen LogP contribution is 2.25. The fraction of sp³-hybridized carbons (Fsp3) is 0.812. The zero-order valence-electron chi connectivity index (χ0n) is 12.6. The molecule has 0 aromatic carbocycles. The summed E-state index contributed by atoms with van der Waals surface area (Å²) in [5, 5.41) is 9.31. The third kappa shape index (κ3) is 2.77. The molecule has 0 bridgehead atoms. The number of aromatic nitrogens is 2. The Morgan fingerprint density at radius 3 is 3.00 bits per heavy atom. The number of hydrogen-bond donors (Lipinski definition) is 1. The Kier molecular flexibility index (Phi) is 4.41. The number of rotatable bonds is 4. The van der Waals surface area contributed by atoms with Gasteiger partial charge in [-0.05, 0) is 44.7 Å². The third-order valence-electron chi connectivity index (χ3n) is 5.11. The van der Waals surface area contributed by atoms with Gasteiger partial charge in [0.25, 0.3) is 0 Å². The van der Waals surface area contributed by atoms with Crippen molar-refractivity contribution >= 4 is 0 Å². The van der Waals surface area contributed by atoms with Gasteiger partial charge in [-0.2, -0.15) is 0 Å². The normalized spacial score (nSPS) is 27.5. The second-order valence-corrected chi connectivity index (χ2v) is 6.34. The minimum absolute atomic E-state index is 0.312. The van der Waals surface area contributed by atoms with Crippen molar-refractivity contribution in [2.24, 2.45) is 5.92 Å². The first-order valence-electron chi connectivity index (χ1n) is 8.20. The first-order valence-corrected chi connectivity index (χ1v) is 8.20. The fourth-order valence-electron chi connectivity index (χ4n) is 3.84. The van der Waals surface area contributed by atoms with Crippen LogP contribution >= 0.6 is 0 Å². The largest absolute Gasteiger partial charge is 0.396 e. The maximum Gasteiger partial charge on any atom is 0.110 e. The molecule has 0 aliphatic carbocycles. The van der Waals surface area contributed by atoms with Gasteiger partial charge in [0.1, 0.15) is 5.82 Å². The number of aliphatic hydroxyl groups excluding tert-OH is 1. The lowest BCUT2D eigenvalue weighted by Gasteiger charge is -2.35. The predicted molar refractivity (Wildman–Crippen MR) is 79.7 cm³/mol. The first kappa shape index (κ1) is 14.1. The highest BCUT2D eigenvalue weighted by atomic mass is 16.3. The number of imidazole rings is 1. The van der Waals surface area contributed by atoms with Gasteiger partial charge < -0.3 is 14.6 Å². The minimum atomic E-state index is 0.312. The first-order chi connectivity index (χ1) is 9.81. The van der Waals surface area contributed by atoms with Crippen LogP contribution in [0.4, 0.5) is 0 Å². The Balaban J connectivity index is 1.70. The topological polar surface area (TPSA) is 41.3 Å². The van der Waals surface area contributed by atoms with Crippen LogP contribution in [0.15, 0.2) is 6.20 Å². The van der Waals surface area contributed by atoms with E-state index in [0.29, 0.717) is 18.6 Å². The smallest absolute Gasteiger partial charge is 0.110 e. The Labute approximate surface area is 121 Å². The molecule has 0 spiro atoms. The average Bonchev–Trinajstić information content (AvgIpc) is 2.90.